The monoisotopic (exact) mass is 490 g/mol. The van der Waals surface area contributed by atoms with Crippen LogP contribution in [0.1, 0.15) is 22.3 Å². The maximum absolute atomic E-state index is 13.0. The van der Waals surface area contributed by atoms with E-state index in [1.807, 2.05) is 6.92 Å². The number of carbonyl (C=O) groups excluding carboxylic acids is 1. The SMILES string of the molecule is CNc1cc(C#N)c(-c2cnn(-c3cc(NC(=O)Cc4cccc(C(F)(F)F)c4)ccc3C)c2)cn1. The van der Waals surface area contributed by atoms with Crippen LogP contribution < -0.4 is 10.6 Å². The molecule has 0 aliphatic carbocycles. The molecule has 4 rings (SSSR count). The highest BCUT2D eigenvalue weighted by molar-refractivity contribution is 5.92. The molecule has 7 nitrogen and oxygen atoms in total. The van der Waals surface area contributed by atoms with Gasteiger partial charge in [0.25, 0.3) is 0 Å². The summed E-state index contributed by atoms with van der Waals surface area (Å²) in [5, 5.41) is 19.6. The van der Waals surface area contributed by atoms with E-state index >= 15 is 0 Å². The fraction of sp³-hybridized carbons (Fsp3) is 0.154. The molecule has 0 saturated carbocycles. The van der Waals surface area contributed by atoms with Crippen molar-refractivity contribution in [1.29, 1.82) is 5.26 Å². The summed E-state index contributed by atoms with van der Waals surface area (Å²) in [6.45, 7) is 1.88. The Labute approximate surface area is 205 Å². The van der Waals surface area contributed by atoms with Crippen LogP contribution in [0.15, 0.2) is 67.1 Å². The number of nitriles is 1. The first-order valence-electron chi connectivity index (χ1n) is 10.9. The van der Waals surface area contributed by atoms with Crippen molar-refractivity contribution in [1.82, 2.24) is 14.8 Å². The fourth-order valence-electron chi connectivity index (χ4n) is 3.69. The molecule has 0 aliphatic rings. The maximum Gasteiger partial charge on any atom is 0.416 e. The Bertz CT molecular complexity index is 1470. The number of alkyl halides is 3. The summed E-state index contributed by atoms with van der Waals surface area (Å²) in [7, 11) is 1.72. The molecule has 0 aliphatic heterocycles. The van der Waals surface area contributed by atoms with Gasteiger partial charge < -0.3 is 10.6 Å². The summed E-state index contributed by atoms with van der Waals surface area (Å²) in [6, 6.07) is 13.8. The van der Waals surface area contributed by atoms with Gasteiger partial charge in [-0.2, -0.15) is 23.5 Å². The molecule has 10 heteroatoms. The van der Waals surface area contributed by atoms with Gasteiger partial charge in [0.2, 0.25) is 5.91 Å². The number of pyridine rings is 1. The summed E-state index contributed by atoms with van der Waals surface area (Å²) in [5.41, 5.74) is 3.28. The third kappa shape index (κ3) is 5.36. The molecule has 0 unspecified atom stereocenters. The van der Waals surface area contributed by atoms with Crippen molar-refractivity contribution in [2.45, 2.75) is 19.5 Å². The molecule has 4 aromatic rings. The van der Waals surface area contributed by atoms with Gasteiger partial charge in [0.05, 0.1) is 35.5 Å². The van der Waals surface area contributed by atoms with Gasteiger partial charge in [0.15, 0.2) is 0 Å². The number of benzene rings is 2. The van der Waals surface area contributed by atoms with Gasteiger partial charge in [-0.15, -0.1) is 0 Å². The first-order valence-corrected chi connectivity index (χ1v) is 10.9. The Morgan fingerprint density at radius 3 is 2.67 bits per heavy atom. The van der Waals surface area contributed by atoms with Gasteiger partial charge in [-0.05, 0) is 42.3 Å². The zero-order valence-electron chi connectivity index (χ0n) is 19.4. The Hall–Kier alpha value is -4.65. The van der Waals surface area contributed by atoms with Crippen LogP contribution in [0.3, 0.4) is 0 Å². The highest BCUT2D eigenvalue weighted by Gasteiger charge is 2.30. The molecule has 2 aromatic heterocycles. The first-order chi connectivity index (χ1) is 17.2. The molecule has 0 fully saturated rings. The Kier molecular flexibility index (Phi) is 6.74. The average Bonchev–Trinajstić information content (AvgIpc) is 3.34. The Balaban J connectivity index is 1.54. The van der Waals surface area contributed by atoms with Crippen LogP contribution in [0.25, 0.3) is 16.8 Å². The summed E-state index contributed by atoms with van der Waals surface area (Å²) in [5.74, 6) is 0.131. The molecule has 0 saturated heterocycles. The zero-order chi connectivity index (χ0) is 25.9. The quantitative estimate of drug-likeness (QED) is 0.380. The van der Waals surface area contributed by atoms with E-state index in [1.54, 1.807) is 54.6 Å². The summed E-state index contributed by atoms with van der Waals surface area (Å²) in [4.78, 5) is 16.8. The lowest BCUT2D eigenvalue weighted by Gasteiger charge is -2.11. The molecular formula is C26H21F3N6O. The van der Waals surface area contributed by atoms with Crippen LogP contribution in [-0.2, 0) is 17.4 Å². The third-order valence-electron chi connectivity index (χ3n) is 5.53. The van der Waals surface area contributed by atoms with E-state index in [4.69, 9.17) is 0 Å². The Morgan fingerprint density at radius 1 is 1.14 bits per heavy atom. The predicted molar refractivity (Wildman–Crippen MR) is 130 cm³/mol. The largest absolute Gasteiger partial charge is 0.416 e. The molecule has 2 aromatic carbocycles. The number of aryl methyl sites for hydroxylation is 1. The normalized spacial score (nSPS) is 11.1. The van der Waals surface area contributed by atoms with Gasteiger partial charge in [-0.3, -0.25) is 4.79 Å². The number of rotatable bonds is 6. The molecule has 0 spiro atoms. The number of halogens is 3. The molecular weight excluding hydrogens is 469 g/mol. The molecule has 1 amide bonds. The minimum Gasteiger partial charge on any atom is -0.373 e. The molecule has 36 heavy (non-hydrogen) atoms. The number of carbonyl (C=O) groups is 1. The second-order valence-corrected chi connectivity index (χ2v) is 8.07. The van der Waals surface area contributed by atoms with E-state index in [9.17, 15) is 23.2 Å². The van der Waals surface area contributed by atoms with E-state index in [-0.39, 0.29) is 12.0 Å². The van der Waals surface area contributed by atoms with Gasteiger partial charge in [0, 0.05) is 36.3 Å². The van der Waals surface area contributed by atoms with Crippen molar-refractivity contribution >= 4 is 17.4 Å². The lowest BCUT2D eigenvalue weighted by atomic mass is 10.1. The van der Waals surface area contributed by atoms with Crippen LogP contribution in [0.5, 0.6) is 0 Å². The van der Waals surface area contributed by atoms with Crippen molar-refractivity contribution in [3.05, 3.63) is 89.4 Å². The van der Waals surface area contributed by atoms with Gasteiger partial charge in [0.1, 0.15) is 5.82 Å². The van der Waals surface area contributed by atoms with Crippen molar-refractivity contribution in [2.75, 3.05) is 17.7 Å². The average molecular weight is 490 g/mol. The van der Waals surface area contributed by atoms with E-state index in [2.05, 4.69) is 26.8 Å². The molecule has 2 N–H and O–H groups in total. The van der Waals surface area contributed by atoms with E-state index < -0.39 is 17.6 Å². The van der Waals surface area contributed by atoms with Gasteiger partial charge >= 0.3 is 6.18 Å². The fourth-order valence-corrected chi connectivity index (χ4v) is 3.69. The van der Waals surface area contributed by atoms with E-state index in [1.165, 1.54) is 12.1 Å². The second kappa shape index (κ2) is 9.92. The van der Waals surface area contributed by atoms with E-state index in [0.717, 1.165) is 17.7 Å². The lowest BCUT2D eigenvalue weighted by Crippen LogP contribution is -2.15. The highest BCUT2D eigenvalue weighted by Crippen LogP contribution is 2.30. The number of nitrogens with zero attached hydrogens (tertiary/aromatic N) is 4. The molecule has 0 bridgehead atoms. The third-order valence-corrected chi connectivity index (χ3v) is 5.53. The van der Waals surface area contributed by atoms with Crippen LogP contribution in [-0.4, -0.2) is 27.7 Å². The summed E-state index contributed by atoms with van der Waals surface area (Å²) in [6.07, 6.45) is 0.303. The summed E-state index contributed by atoms with van der Waals surface area (Å²) >= 11 is 0. The summed E-state index contributed by atoms with van der Waals surface area (Å²) < 4.78 is 40.5. The number of nitrogens with one attached hydrogen (secondary N) is 2. The van der Waals surface area contributed by atoms with E-state index in [0.29, 0.717) is 33.9 Å². The van der Waals surface area contributed by atoms with Crippen LogP contribution in [0.2, 0.25) is 0 Å². The van der Waals surface area contributed by atoms with Crippen LogP contribution in [0, 0.1) is 18.3 Å². The number of hydrogen-bond acceptors (Lipinski definition) is 5. The standard InChI is InChI=1S/C26H21F3N6O/c1-16-6-7-21(34-25(36)9-17-4-3-5-20(8-17)26(27,28)29)11-23(16)35-15-19(13-33-35)22-14-32-24(31-2)10-18(22)12-30/h3-8,10-11,13-15H,9H2,1-2H3,(H,31,32)(H,34,36). The second-order valence-electron chi connectivity index (χ2n) is 8.07. The van der Waals surface area contributed by atoms with Crippen LogP contribution >= 0.6 is 0 Å². The minimum atomic E-state index is -4.47. The molecule has 2 heterocycles. The minimum absolute atomic E-state index is 0.203. The van der Waals surface area contributed by atoms with Gasteiger partial charge in [-0.1, -0.05) is 24.3 Å². The molecule has 0 atom stereocenters. The zero-order valence-corrected chi connectivity index (χ0v) is 19.4. The molecule has 182 valence electrons. The van der Waals surface area contributed by atoms with Gasteiger partial charge in [-0.25, -0.2) is 9.67 Å². The number of anilines is 2. The smallest absolute Gasteiger partial charge is 0.373 e. The van der Waals surface area contributed by atoms with Crippen molar-refractivity contribution in [2.24, 2.45) is 0 Å². The van der Waals surface area contributed by atoms with Crippen molar-refractivity contribution in [3.63, 3.8) is 0 Å². The number of aromatic nitrogens is 3. The highest BCUT2D eigenvalue weighted by atomic mass is 19.4. The Morgan fingerprint density at radius 2 is 1.94 bits per heavy atom. The number of hydrogen-bond donors (Lipinski definition) is 2. The van der Waals surface area contributed by atoms with Crippen molar-refractivity contribution in [3.8, 4) is 22.9 Å². The van der Waals surface area contributed by atoms with Crippen LogP contribution in [0.4, 0.5) is 24.7 Å². The molecule has 0 radical (unpaired) electrons. The number of amides is 1. The first kappa shape index (κ1) is 24.5. The topological polar surface area (TPSA) is 95.6 Å². The maximum atomic E-state index is 13.0. The lowest BCUT2D eigenvalue weighted by molar-refractivity contribution is -0.137. The van der Waals surface area contributed by atoms with Crippen molar-refractivity contribution < 1.29 is 18.0 Å². The predicted octanol–water partition coefficient (Wildman–Crippen LogP) is 5.36.